The van der Waals surface area contributed by atoms with Gasteiger partial charge in [-0.05, 0) is 37.3 Å². The molecule has 0 spiro atoms. The molecule has 0 fully saturated rings. The molecule has 3 aromatic rings. The first-order valence-electron chi connectivity index (χ1n) is 7.36. The highest BCUT2D eigenvalue weighted by Crippen LogP contribution is 2.33. The van der Waals surface area contributed by atoms with E-state index in [1.54, 1.807) is 11.3 Å². The van der Waals surface area contributed by atoms with Crippen molar-refractivity contribution < 1.29 is 4.79 Å². The Labute approximate surface area is 138 Å². The molecule has 5 heteroatoms. The SMILES string of the molecule is CCCc1c(C(=O)Nc2nc(C)c(C)s2)sc2ccccc12. The molecule has 22 heavy (non-hydrogen) atoms. The molecule has 2 heterocycles. The van der Waals surface area contributed by atoms with Gasteiger partial charge in [-0.3, -0.25) is 10.1 Å². The van der Waals surface area contributed by atoms with E-state index in [0.29, 0.717) is 5.13 Å². The highest BCUT2D eigenvalue weighted by molar-refractivity contribution is 7.21. The number of thiophene rings is 1. The van der Waals surface area contributed by atoms with Crippen LogP contribution in [-0.2, 0) is 6.42 Å². The molecule has 0 aliphatic rings. The van der Waals surface area contributed by atoms with Gasteiger partial charge in [-0.25, -0.2) is 4.98 Å². The normalized spacial score (nSPS) is 11.0. The second kappa shape index (κ2) is 6.18. The van der Waals surface area contributed by atoms with E-state index >= 15 is 0 Å². The number of nitrogens with one attached hydrogen (secondary N) is 1. The summed E-state index contributed by atoms with van der Waals surface area (Å²) in [5.41, 5.74) is 2.14. The molecule has 0 saturated heterocycles. The van der Waals surface area contributed by atoms with Crippen molar-refractivity contribution in [2.45, 2.75) is 33.6 Å². The minimum absolute atomic E-state index is 0.0431. The topological polar surface area (TPSA) is 42.0 Å². The Morgan fingerprint density at radius 3 is 2.68 bits per heavy atom. The monoisotopic (exact) mass is 330 g/mol. The van der Waals surface area contributed by atoms with Crippen molar-refractivity contribution in [3.05, 3.63) is 45.3 Å². The van der Waals surface area contributed by atoms with Crippen molar-refractivity contribution in [2.75, 3.05) is 5.32 Å². The maximum atomic E-state index is 12.7. The summed E-state index contributed by atoms with van der Waals surface area (Å²) in [6.07, 6.45) is 1.94. The largest absolute Gasteiger partial charge is 0.297 e. The number of aryl methyl sites for hydroxylation is 3. The molecule has 114 valence electrons. The number of nitrogens with zero attached hydrogens (tertiary/aromatic N) is 1. The summed E-state index contributed by atoms with van der Waals surface area (Å²) in [4.78, 5) is 19.0. The van der Waals surface area contributed by atoms with E-state index in [1.807, 2.05) is 26.0 Å². The molecule has 0 saturated carbocycles. The number of amides is 1. The van der Waals surface area contributed by atoms with Gasteiger partial charge in [0, 0.05) is 9.58 Å². The Morgan fingerprint density at radius 2 is 2.00 bits per heavy atom. The van der Waals surface area contributed by atoms with Crippen LogP contribution >= 0.6 is 22.7 Å². The summed E-state index contributed by atoms with van der Waals surface area (Å²) in [5, 5.41) is 4.84. The van der Waals surface area contributed by atoms with Gasteiger partial charge in [-0.2, -0.15) is 0 Å². The van der Waals surface area contributed by atoms with Gasteiger partial charge in [0.1, 0.15) is 0 Å². The lowest BCUT2D eigenvalue weighted by molar-refractivity contribution is 0.103. The fourth-order valence-corrected chi connectivity index (χ4v) is 4.42. The van der Waals surface area contributed by atoms with Gasteiger partial charge in [-0.15, -0.1) is 22.7 Å². The predicted octanol–water partition coefficient (Wildman–Crippen LogP) is 5.18. The van der Waals surface area contributed by atoms with Gasteiger partial charge in [0.15, 0.2) is 5.13 Å². The average molecular weight is 330 g/mol. The highest BCUT2D eigenvalue weighted by Gasteiger charge is 2.18. The number of aromatic nitrogens is 1. The number of fused-ring (bicyclic) bond motifs is 1. The zero-order chi connectivity index (χ0) is 15.7. The molecule has 1 amide bonds. The first-order chi connectivity index (χ1) is 10.6. The van der Waals surface area contributed by atoms with Gasteiger partial charge < -0.3 is 0 Å². The molecular formula is C17H18N2OS2. The Morgan fingerprint density at radius 1 is 1.23 bits per heavy atom. The van der Waals surface area contributed by atoms with Crippen LogP contribution < -0.4 is 5.32 Å². The van der Waals surface area contributed by atoms with Gasteiger partial charge in [-0.1, -0.05) is 31.5 Å². The van der Waals surface area contributed by atoms with Crippen LogP contribution in [0.3, 0.4) is 0 Å². The van der Waals surface area contributed by atoms with Crippen LogP contribution in [0.25, 0.3) is 10.1 Å². The summed E-state index contributed by atoms with van der Waals surface area (Å²) in [7, 11) is 0. The summed E-state index contributed by atoms with van der Waals surface area (Å²) in [6, 6.07) is 8.23. The van der Waals surface area contributed by atoms with Crippen LogP contribution in [0, 0.1) is 13.8 Å². The summed E-state index contributed by atoms with van der Waals surface area (Å²) >= 11 is 3.09. The van der Waals surface area contributed by atoms with Crippen LogP contribution in [0.15, 0.2) is 24.3 Å². The molecule has 3 nitrogen and oxygen atoms in total. The number of anilines is 1. The van der Waals surface area contributed by atoms with Crippen molar-refractivity contribution in [1.29, 1.82) is 0 Å². The average Bonchev–Trinajstić information content (AvgIpc) is 3.01. The minimum Gasteiger partial charge on any atom is -0.297 e. The zero-order valence-electron chi connectivity index (χ0n) is 12.9. The molecule has 1 aromatic carbocycles. The maximum absolute atomic E-state index is 12.7. The van der Waals surface area contributed by atoms with Crippen molar-refractivity contribution in [3.63, 3.8) is 0 Å². The second-order valence-electron chi connectivity index (χ2n) is 5.27. The van der Waals surface area contributed by atoms with E-state index in [1.165, 1.54) is 21.4 Å². The second-order valence-corrected chi connectivity index (χ2v) is 7.53. The summed E-state index contributed by atoms with van der Waals surface area (Å²) in [6.45, 7) is 6.12. The number of rotatable bonds is 4. The lowest BCUT2D eigenvalue weighted by atomic mass is 10.1. The summed E-state index contributed by atoms with van der Waals surface area (Å²) < 4.78 is 1.17. The lowest BCUT2D eigenvalue weighted by Crippen LogP contribution is -2.12. The predicted molar refractivity (Wildman–Crippen MR) is 95.4 cm³/mol. The van der Waals surface area contributed by atoms with Crippen LogP contribution in [0.5, 0.6) is 0 Å². The fraction of sp³-hybridized carbons (Fsp3) is 0.294. The molecule has 0 aliphatic carbocycles. The molecule has 1 N–H and O–H groups in total. The van der Waals surface area contributed by atoms with Gasteiger partial charge >= 0.3 is 0 Å². The molecule has 0 atom stereocenters. The molecule has 2 aromatic heterocycles. The smallest absolute Gasteiger partial charge is 0.267 e. The fourth-order valence-electron chi connectivity index (χ4n) is 2.46. The lowest BCUT2D eigenvalue weighted by Gasteiger charge is -2.03. The minimum atomic E-state index is -0.0431. The van der Waals surface area contributed by atoms with Crippen LogP contribution in [0.2, 0.25) is 0 Å². The first kappa shape index (κ1) is 15.2. The van der Waals surface area contributed by atoms with E-state index in [4.69, 9.17) is 0 Å². The molecule has 3 rings (SSSR count). The molecular weight excluding hydrogens is 312 g/mol. The maximum Gasteiger partial charge on any atom is 0.267 e. The Bertz CT molecular complexity index is 813. The zero-order valence-corrected chi connectivity index (χ0v) is 14.5. The van der Waals surface area contributed by atoms with Crippen LogP contribution in [-0.4, -0.2) is 10.9 Å². The van der Waals surface area contributed by atoms with Crippen molar-refractivity contribution in [3.8, 4) is 0 Å². The molecule has 0 bridgehead atoms. The third kappa shape index (κ3) is 2.78. The standard InChI is InChI=1S/C17H18N2OS2/c1-4-7-13-12-8-5-6-9-14(12)22-15(13)16(20)19-17-18-10(2)11(3)21-17/h5-6,8-9H,4,7H2,1-3H3,(H,18,19,20). The van der Waals surface area contributed by atoms with Crippen LogP contribution in [0.4, 0.5) is 5.13 Å². The van der Waals surface area contributed by atoms with E-state index in [9.17, 15) is 4.79 Å². The van der Waals surface area contributed by atoms with Gasteiger partial charge in [0.25, 0.3) is 5.91 Å². The van der Waals surface area contributed by atoms with Crippen molar-refractivity contribution >= 4 is 43.8 Å². The number of hydrogen-bond donors (Lipinski definition) is 1. The van der Waals surface area contributed by atoms with E-state index < -0.39 is 0 Å². The Kier molecular flexibility index (Phi) is 4.27. The quantitative estimate of drug-likeness (QED) is 0.716. The van der Waals surface area contributed by atoms with Crippen molar-refractivity contribution in [1.82, 2.24) is 4.98 Å². The first-order valence-corrected chi connectivity index (χ1v) is 8.99. The van der Waals surface area contributed by atoms with E-state index in [-0.39, 0.29) is 5.91 Å². The van der Waals surface area contributed by atoms with Gasteiger partial charge in [0.2, 0.25) is 0 Å². The van der Waals surface area contributed by atoms with Gasteiger partial charge in [0.05, 0.1) is 10.6 Å². The van der Waals surface area contributed by atoms with E-state index in [2.05, 4.69) is 29.4 Å². The third-order valence-electron chi connectivity index (χ3n) is 3.65. The number of thiazole rings is 1. The third-order valence-corrected chi connectivity index (χ3v) is 5.85. The Hall–Kier alpha value is -1.72. The summed E-state index contributed by atoms with van der Waals surface area (Å²) in [5.74, 6) is -0.0431. The van der Waals surface area contributed by atoms with E-state index in [0.717, 1.165) is 33.9 Å². The van der Waals surface area contributed by atoms with Crippen LogP contribution in [0.1, 0.15) is 39.2 Å². The molecule has 0 aliphatic heterocycles. The number of hydrogen-bond acceptors (Lipinski definition) is 4. The molecule has 0 unspecified atom stereocenters. The highest BCUT2D eigenvalue weighted by atomic mass is 32.1. The number of carbonyl (C=O) groups is 1. The molecule has 0 radical (unpaired) electrons. The van der Waals surface area contributed by atoms with Crippen molar-refractivity contribution in [2.24, 2.45) is 0 Å². The number of benzene rings is 1. The number of carbonyl (C=O) groups excluding carboxylic acids is 1. The Balaban J connectivity index is 1.97.